The molecule has 2 aliphatic carbocycles. The SMILES string of the molecule is CC(C)[C@H]1CC[C@]2(C)C(O)CC[C@@H](C)[C@H]2C1. The molecule has 2 aliphatic rings. The zero-order valence-corrected chi connectivity index (χ0v) is 11.4. The third kappa shape index (κ3) is 1.92. The predicted molar refractivity (Wildman–Crippen MR) is 68.2 cm³/mol. The van der Waals surface area contributed by atoms with Crippen molar-refractivity contribution in [3.8, 4) is 0 Å². The molecule has 0 heterocycles. The number of hydrogen-bond acceptors (Lipinski definition) is 1. The van der Waals surface area contributed by atoms with Gasteiger partial charge < -0.3 is 5.11 Å². The zero-order valence-electron chi connectivity index (χ0n) is 11.4. The molecule has 0 amide bonds. The summed E-state index contributed by atoms with van der Waals surface area (Å²) in [4.78, 5) is 0. The lowest BCUT2D eigenvalue weighted by molar-refractivity contribution is -0.103. The van der Waals surface area contributed by atoms with Crippen LogP contribution in [0.3, 0.4) is 0 Å². The van der Waals surface area contributed by atoms with E-state index >= 15 is 0 Å². The van der Waals surface area contributed by atoms with Gasteiger partial charge in [0.1, 0.15) is 0 Å². The van der Waals surface area contributed by atoms with Crippen LogP contribution in [0.25, 0.3) is 0 Å². The Bertz CT molecular complexity index is 248. The second-order valence-corrected chi connectivity index (χ2v) is 6.96. The van der Waals surface area contributed by atoms with E-state index < -0.39 is 0 Å². The fourth-order valence-electron chi connectivity index (χ4n) is 4.25. The maximum atomic E-state index is 10.3. The molecule has 5 atom stereocenters. The van der Waals surface area contributed by atoms with Crippen LogP contribution in [-0.4, -0.2) is 11.2 Å². The molecule has 0 radical (unpaired) electrons. The van der Waals surface area contributed by atoms with Gasteiger partial charge in [0.15, 0.2) is 0 Å². The molecule has 1 N–H and O–H groups in total. The lowest BCUT2D eigenvalue weighted by Crippen LogP contribution is -2.49. The smallest absolute Gasteiger partial charge is 0.0596 e. The average Bonchev–Trinajstić information content (AvgIpc) is 2.24. The highest BCUT2D eigenvalue weighted by atomic mass is 16.3. The van der Waals surface area contributed by atoms with Crippen molar-refractivity contribution in [2.24, 2.45) is 29.1 Å². The first kappa shape index (κ1) is 12.4. The van der Waals surface area contributed by atoms with E-state index in [1.807, 2.05) is 0 Å². The van der Waals surface area contributed by atoms with E-state index in [0.717, 1.165) is 30.1 Å². The highest BCUT2D eigenvalue weighted by Gasteiger charge is 2.49. The Kier molecular flexibility index (Phi) is 3.36. The van der Waals surface area contributed by atoms with Crippen LogP contribution >= 0.6 is 0 Å². The second kappa shape index (κ2) is 4.33. The third-order valence-corrected chi connectivity index (χ3v) is 5.74. The van der Waals surface area contributed by atoms with E-state index in [9.17, 15) is 5.11 Å². The molecule has 16 heavy (non-hydrogen) atoms. The monoisotopic (exact) mass is 224 g/mol. The van der Waals surface area contributed by atoms with Crippen LogP contribution in [-0.2, 0) is 0 Å². The van der Waals surface area contributed by atoms with Crippen LogP contribution < -0.4 is 0 Å². The Balaban J connectivity index is 2.15. The van der Waals surface area contributed by atoms with Crippen molar-refractivity contribution in [2.75, 3.05) is 0 Å². The Morgan fingerprint density at radius 2 is 1.88 bits per heavy atom. The van der Waals surface area contributed by atoms with Crippen LogP contribution in [0.1, 0.15) is 59.8 Å². The Morgan fingerprint density at radius 3 is 2.50 bits per heavy atom. The van der Waals surface area contributed by atoms with Gasteiger partial charge in [0.2, 0.25) is 0 Å². The minimum absolute atomic E-state index is 0.0400. The molecule has 0 aromatic heterocycles. The zero-order chi connectivity index (χ0) is 11.9. The van der Waals surface area contributed by atoms with Gasteiger partial charge in [0.25, 0.3) is 0 Å². The average molecular weight is 224 g/mol. The fraction of sp³-hybridized carbons (Fsp3) is 1.00. The van der Waals surface area contributed by atoms with E-state index in [1.165, 1.54) is 25.7 Å². The first-order valence-corrected chi connectivity index (χ1v) is 7.13. The number of rotatable bonds is 1. The van der Waals surface area contributed by atoms with Crippen molar-refractivity contribution < 1.29 is 5.11 Å². The summed E-state index contributed by atoms with van der Waals surface area (Å²) in [6.45, 7) is 9.46. The van der Waals surface area contributed by atoms with Gasteiger partial charge in [-0.15, -0.1) is 0 Å². The van der Waals surface area contributed by atoms with E-state index in [0.29, 0.717) is 0 Å². The molecular formula is C15H28O. The lowest BCUT2D eigenvalue weighted by Gasteiger charge is -2.53. The number of fused-ring (bicyclic) bond motifs is 1. The number of aliphatic hydroxyl groups excluding tert-OH is 1. The highest BCUT2D eigenvalue weighted by molar-refractivity contribution is 4.99. The first-order valence-electron chi connectivity index (χ1n) is 7.13. The molecule has 2 fully saturated rings. The normalized spacial score (nSPS) is 49.1. The fourth-order valence-corrected chi connectivity index (χ4v) is 4.25. The molecule has 1 nitrogen and oxygen atoms in total. The van der Waals surface area contributed by atoms with Gasteiger partial charge >= 0.3 is 0 Å². The summed E-state index contributed by atoms with van der Waals surface area (Å²) in [5.41, 5.74) is 0.225. The molecule has 1 unspecified atom stereocenters. The van der Waals surface area contributed by atoms with Crippen LogP contribution in [0, 0.1) is 29.1 Å². The summed E-state index contributed by atoms with van der Waals surface area (Å²) in [7, 11) is 0. The molecule has 0 aromatic rings. The van der Waals surface area contributed by atoms with Gasteiger partial charge in [0.05, 0.1) is 6.10 Å². The second-order valence-electron chi connectivity index (χ2n) is 6.96. The van der Waals surface area contributed by atoms with Crippen molar-refractivity contribution in [1.82, 2.24) is 0 Å². The largest absolute Gasteiger partial charge is 0.393 e. The quantitative estimate of drug-likeness (QED) is 0.717. The Labute approximate surface area is 101 Å². The molecule has 2 rings (SSSR count). The van der Waals surface area contributed by atoms with E-state index in [-0.39, 0.29) is 11.5 Å². The van der Waals surface area contributed by atoms with Crippen LogP contribution in [0.15, 0.2) is 0 Å². The third-order valence-electron chi connectivity index (χ3n) is 5.74. The maximum Gasteiger partial charge on any atom is 0.0596 e. The standard InChI is InChI=1S/C15H28O/c1-10(2)12-7-8-15(4)13(9-12)11(3)5-6-14(15)16/h10-14,16H,5-9H2,1-4H3/t11-,12+,13-,14?,15+/m1/s1. The molecule has 0 bridgehead atoms. The summed E-state index contributed by atoms with van der Waals surface area (Å²) in [6, 6.07) is 0. The summed E-state index contributed by atoms with van der Waals surface area (Å²) in [5, 5.41) is 10.3. The number of aliphatic hydroxyl groups is 1. The molecular weight excluding hydrogens is 196 g/mol. The highest BCUT2D eigenvalue weighted by Crippen LogP contribution is 2.54. The Morgan fingerprint density at radius 1 is 1.19 bits per heavy atom. The van der Waals surface area contributed by atoms with Crippen molar-refractivity contribution in [2.45, 2.75) is 65.9 Å². The molecule has 94 valence electrons. The molecule has 0 saturated heterocycles. The molecule has 0 spiro atoms. The summed E-state index contributed by atoms with van der Waals surface area (Å²) in [5.74, 6) is 3.29. The maximum absolute atomic E-state index is 10.3. The molecule has 0 aliphatic heterocycles. The van der Waals surface area contributed by atoms with Crippen molar-refractivity contribution in [1.29, 1.82) is 0 Å². The van der Waals surface area contributed by atoms with E-state index in [4.69, 9.17) is 0 Å². The van der Waals surface area contributed by atoms with Gasteiger partial charge in [-0.2, -0.15) is 0 Å². The summed E-state index contributed by atoms with van der Waals surface area (Å²) < 4.78 is 0. The van der Waals surface area contributed by atoms with Crippen molar-refractivity contribution in [3.63, 3.8) is 0 Å². The van der Waals surface area contributed by atoms with Gasteiger partial charge in [-0.25, -0.2) is 0 Å². The van der Waals surface area contributed by atoms with Crippen LogP contribution in [0.2, 0.25) is 0 Å². The molecule has 1 heteroatoms. The minimum atomic E-state index is -0.0400. The van der Waals surface area contributed by atoms with Crippen LogP contribution in [0.5, 0.6) is 0 Å². The summed E-state index contributed by atoms with van der Waals surface area (Å²) in [6.07, 6.45) is 6.14. The first-order chi connectivity index (χ1) is 7.45. The predicted octanol–water partition coefficient (Wildman–Crippen LogP) is 3.86. The van der Waals surface area contributed by atoms with Crippen LogP contribution in [0.4, 0.5) is 0 Å². The van der Waals surface area contributed by atoms with Gasteiger partial charge in [0, 0.05) is 0 Å². The molecule has 2 saturated carbocycles. The summed E-state index contributed by atoms with van der Waals surface area (Å²) >= 11 is 0. The van der Waals surface area contributed by atoms with Gasteiger partial charge in [-0.3, -0.25) is 0 Å². The topological polar surface area (TPSA) is 20.2 Å². The molecule has 0 aromatic carbocycles. The van der Waals surface area contributed by atoms with E-state index in [2.05, 4.69) is 27.7 Å². The van der Waals surface area contributed by atoms with Gasteiger partial charge in [-0.1, -0.05) is 27.7 Å². The number of hydrogen-bond donors (Lipinski definition) is 1. The van der Waals surface area contributed by atoms with Crippen molar-refractivity contribution >= 4 is 0 Å². The minimum Gasteiger partial charge on any atom is -0.393 e. The Hall–Kier alpha value is -0.0400. The van der Waals surface area contributed by atoms with Gasteiger partial charge in [-0.05, 0) is 61.2 Å². The van der Waals surface area contributed by atoms with E-state index in [1.54, 1.807) is 0 Å². The lowest BCUT2D eigenvalue weighted by atomic mass is 9.53. The van der Waals surface area contributed by atoms with Crippen molar-refractivity contribution in [3.05, 3.63) is 0 Å².